The SMILES string of the molecule is CC(Nc1nc(N)nc2nc[nH]c12)c1nc2cccc(Cl)c2c(=O)n1-c1ccccc1. The molecule has 0 saturated carbocycles. The number of nitrogens with two attached hydrogens (primary N) is 1. The molecule has 0 bridgehead atoms. The number of rotatable bonds is 4. The zero-order valence-electron chi connectivity index (χ0n) is 16.4. The van der Waals surface area contributed by atoms with E-state index < -0.39 is 6.04 Å². The molecule has 0 aliphatic rings. The molecule has 154 valence electrons. The standard InChI is InChI=1S/C21H17ClN8O/c1-11(26-18-16-17(25-10-24-16)28-21(23)29-18)19-27-14-9-5-8-13(22)15(14)20(31)30(19)12-6-3-2-4-7-12/h2-11H,1H3,(H4,23,24,25,26,28,29). The van der Waals surface area contributed by atoms with Crippen molar-refractivity contribution in [3.8, 4) is 5.69 Å². The number of hydrogen-bond acceptors (Lipinski definition) is 7. The number of aromatic amines is 1. The zero-order chi connectivity index (χ0) is 21.5. The molecule has 0 amide bonds. The topological polar surface area (TPSA) is 127 Å². The number of halogens is 1. The van der Waals surface area contributed by atoms with Crippen LogP contribution in [0, 0.1) is 0 Å². The minimum atomic E-state index is -0.419. The van der Waals surface area contributed by atoms with Gasteiger partial charge in [-0.2, -0.15) is 9.97 Å². The molecule has 0 aliphatic heterocycles. The summed E-state index contributed by atoms with van der Waals surface area (Å²) < 4.78 is 1.56. The number of nitrogens with zero attached hydrogens (tertiary/aromatic N) is 5. The third-order valence-corrected chi connectivity index (χ3v) is 5.25. The normalized spacial score (nSPS) is 12.3. The monoisotopic (exact) mass is 432 g/mol. The maximum absolute atomic E-state index is 13.5. The summed E-state index contributed by atoms with van der Waals surface area (Å²) in [4.78, 5) is 33.8. The van der Waals surface area contributed by atoms with Crippen LogP contribution in [0.5, 0.6) is 0 Å². The Morgan fingerprint density at radius 2 is 1.90 bits per heavy atom. The van der Waals surface area contributed by atoms with E-state index in [0.717, 1.165) is 0 Å². The lowest BCUT2D eigenvalue weighted by molar-refractivity contribution is 0.732. The van der Waals surface area contributed by atoms with Gasteiger partial charge in [0, 0.05) is 0 Å². The fourth-order valence-electron chi connectivity index (χ4n) is 3.55. The predicted molar refractivity (Wildman–Crippen MR) is 120 cm³/mol. The van der Waals surface area contributed by atoms with E-state index >= 15 is 0 Å². The number of H-pyrrole nitrogens is 1. The van der Waals surface area contributed by atoms with Crippen LogP contribution >= 0.6 is 11.6 Å². The van der Waals surface area contributed by atoms with E-state index in [2.05, 4.69) is 25.3 Å². The lowest BCUT2D eigenvalue weighted by atomic mass is 10.2. The molecule has 1 atom stereocenters. The zero-order valence-corrected chi connectivity index (χ0v) is 17.1. The molecule has 5 aromatic rings. The van der Waals surface area contributed by atoms with Crippen molar-refractivity contribution in [2.75, 3.05) is 11.1 Å². The fourth-order valence-corrected chi connectivity index (χ4v) is 3.80. The van der Waals surface area contributed by atoms with E-state index in [9.17, 15) is 4.79 Å². The van der Waals surface area contributed by atoms with Crippen molar-refractivity contribution in [3.05, 3.63) is 76.1 Å². The molecule has 0 radical (unpaired) electrons. The molecule has 9 nitrogen and oxygen atoms in total. The fraction of sp³-hybridized carbons (Fsp3) is 0.0952. The maximum Gasteiger partial charge on any atom is 0.267 e. The van der Waals surface area contributed by atoms with E-state index in [1.807, 2.05) is 37.3 Å². The predicted octanol–water partition coefficient (Wildman–Crippen LogP) is 3.46. The Morgan fingerprint density at radius 3 is 2.71 bits per heavy atom. The second-order valence-electron chi connectivity index (χ2n) is 6.98. The van der Waals surface area contributed by atoms with Crippen molar-refractivity contribution >= 4 is 45.4 Å². The van der Waals surface area contributed by atoms with E-state index in [-0.39, 0.29) is 11.5 Å². The van der Waals surface area contributed by atoms with E-state index in [4.69, 9.17) is 22.3 Å². The number of para-hydroxylation sites is 1. The van der Waals surface area contributed by atoms with Crippen LogP contribution in [0.3, 0.4) is 0 Å². The smallest absolute Gasteiger partial charge is 0.267 e. The van der Waals surface area contributed by atoms with Crippen molar-refractivity contribution < 1.29 is 0 Å². The van der Waals surface area contributed by atoms with Crippen molar-refractivity contribution in [1.82, 2.24) is 29.5 Å². The van der Waals surface area contributed by atoms with E-state index in [0.29, 0.717) is 44.4 Å². The van der Waals surface area contributed by atoms with Crippen LogP contribution in [-0.4, -0.2) is 29.5 Å². The van der Waals surface area contributed by atoms with Gasteiger partial charge in [-0.15, -0.1) is 0 Å². The van der Waals surface area contributed by atoms with Crippen LogP contribution < -0.4 is 16.6 Å². The Hall–Kier alpha value is -3.98. The second kappa shape index (κ2) is 7.37. The van der Waals surface area contributed by atoms with Crippen LogP contribution in [0.1, 0.15) is 18.8 Å². The molecule has 10 heteroatoms. The quantitative estimate of drug-likeness (QED) is 0.396. The first-order valence-corrected chi connectivity index (χ1v) is 9.90. The first-order valence-electron chi connectivity index (χ1n) is 9.52. The molecule has 2 aromatic carbocycles. The number of nitrogens with one attached hydrogen (secondary N) is 2. The number of aromatic nitrogens is 6. The first kappa shape index (κ1) is 19.0. The van der Waals surface area contributed by atoms with Gasteiger partial charge in [0.1, 0.15) is 11.3 Å². The Bertz CT molecular complexity index is 1480. The minimum Gasteiger partial charge on any atom is -0.368 e. The van der Waals surface area contributed by atoms with Crippen LogP contribution in [0.2, 0.25) is 5.02 Å². The van der Waals surface area contributed by atoms with Crippen molar-refractivity contribution in [3.63, 3.8) is 0 Å². The molecule has 1 unspecified atom stereocenters. The van der Waals surface area contributed by atoms with Crippen molar-refractivity contribution in [2.24, 2.45) is 0 Å². The maximum atomic E-state index is 13.5. The summed E-state index contributed by atoms with van der Waals surface area (Å²) in [5, 5.41) is 4.01. The highest BCUT2D eigenvalue weighted by atomic mass is 35.5. The number of hydrogen-bond donors (Lipinski definition) is 3. The van der Waals surface area contributed by atoms with Crippen LogP contribution in [0.15, 0.2) is 59.7 Å². The molecule has 0 saturated heterocycles. The third-order valence-electron chi connectivity index (χ3n) is 4.93. The third kappa shape index (κ3) is 3.24. The van der Waals surface area contributed by atoms with Crippen molar-refractivity contribution in [1.29, 1.82) is 0 Å². The molecule has 0 fully saturated rings. The summed E-state index contributed by atoms with van der Waals surface area (Å²) >= 11 is 6.34. The van der Waals surface area contributed by atoms with Gasteiger partial charge in [-0.25, -0.2) is 9.97 Å². The number of nitrogen functional groups attached to an aromatic ring is 1. The number of benzene rings is 2. The summed E-state index contributed by atoms with van der Waals surface area (Å²) in [5.74, 6) is 1.05. The summed E-state index contributed by atoms with van der Waals surface area (Å²) in [6.07, 6.45) is 1.52. The van der Waals surface area contributed by atoms with Crippen molar-refractivity contribution in [2.45, 2.75) is 13.0 Å². The van der Waals surface area contributed by atoms with Gasteiger partial charge in [0.2, 0.25) is 5.95 Å². The molecule has 0 spiro atoms. The lowest BCUT2D eigenvalue weighted by Crippen LogP contribution is -2.27. The Balaban J connectivity index is 1.71. The second-order valence-corrected chi connectivity index (χ2v) is 7.38. The number of anilines is 2. The molecule has 4 N–H and O–H groups in total. The molecular weight excluding hydrogens is 416 g/mol. The Labute approximate surface area is 181 Å². The molecule has 0 aliphatic carbocycles. The van der Waals surface area contributed by atoms with Gasteiger partial charge in [-0.1, -0.05) is 35.9 Å². The van der Waals surface area contributed by atoms with Gasteiger partial charge in [0.15, 0.2) is 11.5 Å². The summed E-state index contributed by atoms with van der Waals surface area (Å²) in [6, 6.07) is 14.1. The minimum absolute atomic E-state index is 0.0907. The summed E-state index contributed by atoms with van der Waals surface area (Å²) in [5.41, 5.74) is 7.83. The lowest BCUT2D eigenvalue weighted by Gasteiger charge is -2.20. The van der Waals surface area contributed by atoms with Gasteiger partial charge in [-0.05, 0) is 31.2 Å². The molecule has 3 heterocycles. The molecule has 31 heavy (non-hydrogen) atoms. The highest BCUT2D eigenvalue weighted by Crippen LogP contribution is 2.26. The average Bonchev–Trinajstić information content (AvgIpc) is 3.22. The van der Waals surface area contributed by atoms with Gasteiger partial charge in [-0.3, -0.25) is 9.36 Å². The van der Waals surface area contributed by atoms with Gasteiger partial charge >= 0.3 is 0 Å². The average molecular weight is 433 g/mol. The Kier molecular flexibility index (Phi) is 4.52. The number of fused-ring (bicyclic) bond motifs is 2. The molecule has 3 aromatic heterocycles. The highest BCUT2D eigenvalue weighted by Gasteiger charge is 2.21. The largest absolute Gasteiger partial charge is 0.368 e. The van der Waals surface area contributed by atoms with Crippen LogP contribution in [0.25, 0.3) is 27.8 Å². The van der Waals surface area contributed by atoms with Gasteiger partial charge in [0.05, 0.1) is 34.0 Å². The van der Waals surface area contributed by atoms with Gasteiger partial charge < -0.3 is 16.0 Å². The first-order chi connectivity index (χ1) is 15.0. The molecular formula is C21H17ClN8O. The summed E-state index contributed by atoms with van der Waals surface area (Å²) in [6.45, 7) is 1.89. The van der Waals surface area contributed by atoms with Gasteiger partial charge in [0.25, 0.3) is 5.56 Å². The van der Waals surface area contributed by atoms with Crippen LogP contribution in [0.4, 0.5) is 11.8 Å². The number of imidazole rings is 1. The summed E-state index contributed by atoms with van der Waals surface area (Å²) in [7, 11) is 0. The molecule has 5 rings (SSSR count). The highest BCUT2D eigenvalue weighted by molar-refractivity contribution is 6.35. The van der Waals surface area contributed by atoms with E-state index in [1.54, 1.807) is 22.8 Å². The van der Waals surface area contributed by atoms with Crippen LogP contribution in [-0.2, 0) is 0 Å². The van der Waals surface area contributed by atoms with E-state index in [1.165, 1.54) is 6.33 Å². The Morgan fingerprint density at radius 1 is 1.10 bits per heavy atom.